The summed E-state index contributed by atoms with van der Waals surface area (Å²) in [5, 5.41) is 7.14. The van der Waals surface area contributed by atoms with E-state index in [0.717, 1.165) is 14.8 Å². The lowest BCUT2D eigenvalue weighted by atomic mass is 10.2. The van der Waals surface area contributed by atoms with Crippen LogP contribution in [-0.4, -0.2) is 15.7 Å². The molecular formula is C13H14IN3O. The van der Waals surface area contributed by atoms with E-state index in [2.05, 4.69) is 33.0 Å². The van der Waals surface area contributed by atoms with Crippen molar-refractivity contribution in [3.8, 4) is 0 Å². The topological polar surface area (TPSA) is 46.9 Å². The summed E-state index contributed by atoms with van der Waals surface area (Å²) in [7, 11) is 1.87. The van der Waals surface area contributed by atoms with Gasteiger partial charge in [-0.15, -0.1) is 0 Å². The van der Waals surface area contributed by atoms with Crippen LogP contribution in [0.4, 0.5) is 0 Å². The highest BCUT2D eigenvalue weighted by molar-refractivity contribution is 14.1. The van der Waals surface area contributed by atoms with Crippen LogP contribution in [0.2, 0.25) is 0 Å². The summed E-state index contributed by atoms with van der Waals surface area (Å²) in [5.74, 6) is -0.0585. The van der Waals surface area contributed by atoms with Crippen LogP contribution in [0.5, 0.6) is 0 Å². The highest BCUT2D eigenvalue weighted by Gasteiger charge is 2.08. The van der Waals surface area contributed by atoms with E-state index < -0.39 is 0 Å². The molecule has 0 radical (unpaired) electrons. The third-order valence-electron chi connectivity index (χ3n) is 2.64. The Morgan fingerprint density at radius 1 is 1.50 bits per heavy atom. The van der Waals surface area contributed by atoms with Crippen LogP contribution in [-0.2, 0) is 13.6 Å². The maximum absolute atomic E-state index is 11.9. The minimum absolute atomic E-state index is 0.0585. The van der Waals surface area contributed by atoms with Crippen molar-refractivity contribution in [3.63, 3.8) is 0 Å². The van der Waals surface area contributed by atoms with Gasteiger partial charge in [0.05, 0.1) is 5.69 Å². The molecule has 0 fully saturated rings. The number of halogens is 1. The van der Waals surface area contributed by atoms with Crippen LogP contribution >= 0.6 is 22.6 Å². The quantitative estimate of drug-likeness (QED) is 0.859. The van der Waals surface area contributed by atoms with Crippen molar-refractivity contribution in [2.45, 2.75) is 13.5 Å². The number of aromatic nitrogens is 2. The number of benzene rings is 1. The second-order valence-electron chi connectivity index (χ2n) is 4.11. The van der Waals surface area contributed by atoms with Crippen molar-refractivity contribution in [2.75, 3.05) is 0 Å². The van der Waals surface area contributed by atoms with Crippen LogP contribution in [0.1, 0.15) is 21.6 Å². The summed E-state index contributed by atoms with van der Waals surface area (Å²) in [5.41, 5.74) is 2.67. The van der Waals surface area contributed by atoms with E-state index in [1.54, 1.807) is 4.68 Å². The van der Waals surface area contributed by atoms with E-state index in [1.165, 1.54) is 0 Å². The van der Waals surface area contributed by atoms with Gasteiger partial charge in [-0.2, -0.15) is 5.10 Å². The fourth-order valence-corrected chi connectivity index (χ4v) is 2.27. The third-order valence-corrected chi connectivity index (χ3v) is 3.31. The third kappa shape index (κ3) is 3.10. The zero-order valence-corrected chi connectivity index (χ0v) is 12.4. The Bertz CT molecular complexity index is 577. The van der Waals surface area contributed by atoms with Crippen molar-refractivity contribution >= 4 is 28.5 Å². The normalized spacial score (nSPS) is 10.4. The molecule has 0 saturated heterocycles. The van der Waals surface area contributed by atoms with Gasteiger partial charge in [0.15, 0.2) is 0 Å². The zero-order chi connectivity index (χ0) is 13.1. The van der Waals surface area contributed by atoms with E-state index in [1.807, 2.05) is 44.4 Å². The Labute approximate surface area is 120 Å². The smallest absolute Gasteiger partial charge is 0.251 e. The maximum Gasteiger partial charge on any atom is 0.251 e. The summed E-state index contributed by atoms with van der Waals surface area (Å²) in [4.78, 5) is 11.9. The first-order chi connectivity index (χ1) is 8.56. The molecule has 0 spiro atoms. The molecule has 0 aliphatic carbocycles. The molecule has 0 atom stereocenters. The highest BCUT2D eigenvalue weighted by Crippen LogP contribution is 2.09. The Morgan fingerprint density at radius 3 is 2.89 bits per heavy atom. The van der Waals surface area contributed by atoms with Gasteiger partial charge in [0.25, 0.3) is 5.91 Å². The van der Waals surface area contributed by atoms with Gasteiger partial charge in [0.1, 0.15) is 0 Å². The lowest BCUT2D eigenvalue weighted by Crippen LogP contribution is -2.22. The number of hydrogen-bond acceptors (Lipinski definition) is 2. The summed E-state index contributed by atoms with van der Waals surface area (Å²) < 4.78 is 2.81. The minimum atomic E-state index is -0.0585. The second kappa shape index (κ2) is 5.51. The van der Waals surface area contributed by atoms with Gasteiger partial charge in [-0.25, -0.2) is 0 Å². The van der Waals surface area contributed by atoms with Gasteiger partial charge in [0, 0.05) is 34.5 Å². The highest BCUT2D eigenvalue weighted by atomic mass is 127. The number of aryl methyl sites for hydroxylation is 2. The molecule has 1 heterocycles. The van der Waals surface area contributed by atoms with E-state index in [9.17, 15) is 4.79 Å². The monoisotopic (exact) mass is 355 g/mol. The van der Waals surface area contributed by atoms with Crippen molar-refractivity contribution in [2.24, 2.45) is 7.05 Å². The Morgan fingerprint density at radius 2 is 2.28 bits per heavy atom. The van der Waals surface area contributed by atoms with Crippen LogP contribution in [0, 0.1) is 10.5 Å². The predicted molar refractivity (Wildman–Crippen MR) is 78.3 cm³/mol. The first kappa shape index (κ1) is 13.1. The van der Waals surface area contributed by atoms with Gasteiger partial charge in [-0.05, 0) is 47.7 Å². The summed E-state index contributed by atoms with van der Waals surface area (Å²) in [6, 6.07) is 7.52. The van der Waals surface area contributed by atoms with Crippen LogP contribution in [0.3, 0.4) is 0 Å². The van der Waals surface area contributed by atoms with E-state index in [4.69, 9.17) is 0 Å². The Balaban J connectivity index is 2.02. The number of nitrogens with zero attached hydrogens (tertiary/aromatic N) is 2. The first-order valence-corrected chi connectivity index (χ1v) is 6.67. The van der Waals surface area contributed by atoms with Crippen LogP contribution < -0.4 is 5.32 Å². The fourth-order valence-electron chi connectivity index (χ4n) is 1.73. The standard InChI is InChI=1S/C13H14IN3O/c1-9-11(8-17(2)16-9)7-15-13(18)10-4-3-5-12(14)6-10/h3-6,8H,7H2,1-2H3,(H,15,18). The largest absolute Gasteiger partial charge is 0.348 e. The maximum atomic E-state index is 11.9. The van der Waals surface area contributed by atoms with Crippen molar-refractivity contribution in [1.29, 1.82) is 0 Å². The first-order valence-electron chi connectivity index (χ1n) is 5.59. The van der Waals surface area contributed by atoms with Crippen molar-refractivity contribution < 1.29 is 4.79 Å². The van der Waals surface area contributed by atoms with Gasteiger partial charge in [-0.1, -0.05) is 6.07 Å². The van der Waals surface area contributed by atoms with Crippen molar-refractivity contribution in [1.82, 2.24) is 15.1 Å². The SMILES string of the molecule is Cc1nn(C)cc1CNC(=O)c1cccc(I)c1. The number of carbonyl (C=O) groups excluding carboxylic acids is 1. The molecule has 2 aromatic rings. The van der Waals surface area contributed by atoms with Gasteiger partial charge in [0.2, 0.25) is 0 Å². The zero-order valence-electron chi connectivity index (χ0n) is 10.3. The molecule has 1 aromatic heterocycles. The molecule has 0 unspecified atom stereocenters. The summed E-state index contributed by atoms with van der Waals surface area (Å²) in [6.45, 7) is 2.44. The molecule has 2 rings (SSSR count). The van der Waals surface area contributed by atoms with E-state index in [0.29, 0.717) is 12.1 Å². The molecule has 0 bridgehead atoms. The number of amides is 1. The van der Waals surface area contributed by atoms with Gasteiger partial charge >= 0.3 is 0 Å². The number of nitrogens with one attached hydrogen (secondary N) is 1. The lowest BCUT2D eigenvalue weighted by Gasteiger charge is -2.04. The minimum Gasteiger partial charge on any atom is -0.348 e. The molecule has 1 aromatic carbocycles. The molecule has 0 aliphatic heterocycles. The Hall–Kier alpha value is -1.37. The molecule has 4 nitrogen and oxygen atoms in total. The average molecular weight is 355 g/mol. The predicted octanol–water partition coefficient (Wildman–Crippen LogP) is 2.26. The molecule has 5 heteroatoms. The van der Waals surface area contributed by atoms with E-state index in [-0.39, 0.29) is 5.91 Å². The number of carbonyl (C=O) groups is 1. The van der Waals surface area contributed by atoms with Gasteiger partial charge < -0.3 is 5.32 Å². The van der Waals surface area contributed by atoms with Crippen molar-refractivity contribution in [3.05, 3.63) is 50.9 Å². The fraction of sp³-hybridized carbons (Fsp3) is 0.231. The van der Waals surface area contributed by atoms with Crippen LogP contribution in [0.25, 0.3) is 0 Å². The number of hydrogen-bond donors (Lipinski definition) is 1. The summed E-state index contributed by atoms with van der Waals surface area (Å²) in [6.07, 6.45) is 1.92. The molecular weight excluding hydrogens is 341 g/mol. The molecule has 0 saturated carbocycles. The molecule has 1 N–H and O–H groups in total. The summed E-state index contributed by atoms with van der Waals surface area (Å²) >= 11 is 2.19. The Kier molecular flexibility index (Phi) is 4.00. The molecule has 1 amide bonds. The second-order valence-corrected chi connectivity index (χ2v) is 5.35. The van der Waals surface area contributed by atoms with E-state index >= 15 is 0 Å². The molecule has 94 valence electrons. The lowest BCUT2D eigenvalue weighted by molar-refractivity contribution is 0.0951. The molecule has 18 heavy (non-hydrogen) atoms. The van der Waals surface area contributed by atoms with Crippen LogP contribution in [0.15, 0.2) is 30.5 Å². The molecule has 0 aliphatic rings. The van der Waals surface area contributed by atoms with Gasteiger partial charge in [-0.3, -0.25) is 9.48 Å². The average Bonchev–Trinajstić information content (AvgIpc) is 2.65. The number of rotatable bonds is 3.